The number of ether oxygens (including phenoxy) is 1. The lowest BCUT2D eigenvalue weighted by Gasteiger charge is -2.44. The maximum Gasteiger partial charge on any atom is 0.412 e. The van der Waals surface area contributed by atoms with Crippen LogP contribution >= 0.6 is 11.6 Å². The number of H-pyrrole nitrogens is 1. The van der Waals surface area contributed by atoms with Crippen molar-refractivity contribution in [3.63, 3.8) is 0 Å². The Hall–Kier alpha value is -5.18. The van der Waals surface area contributed by atoms with Gasteiger partial charge in [-0.15, -0.1) is 0 Å². The van der Waals surface area contributed by atoms with Gasteiger partial charge in [-0.25, -0.2) is 4.79 Å². The number of phenols is 1. The van der Waals surface area contributed by atoms with Gasteiger partial charge in [0.15, 0.2) is 8.32 Å². The number of rotatable bonds is 16. The Bertz CT molecular complexity index is 2480. The highest BCUT2D eigenvalue weighted by atomic mass is 35.5. The molecule has 63 heavy (non-hydrogen) atoms. The number of phenolic OH excluding ortho intramolecular Hbond substituents is 1. The summed E-state index contributed by atoms with van der Waals surface area (Å²) in [6.45, 7) is 13.7. The summed E-state index contributed by atoms with van der Waals surface area (Å²) in [6, 6.07) is 25.9. The SMILES string of the molecule is COc1cc(NC(=O)CCCc2ccc(-c3ccccc3)c(N(C(=O)O)C3(C)CCC(N)CC3)c2)c(Cl)cc1CNC[C@H](O[Si](C)(C)C(C)(C)C)c1ccc(O)c2[nH]c(=O)ccc12. The van der Waals surface area contributed by atoms with Crippen LogP contribution in [0.1, 0.15) is 89.0 Å². The number of fused-ring (bicyclic) bond motifs is 1. The molecular formula is C49H62ClN5O7Si. The van der Waals surface area contributed by atoms with Gasteiger partial charge in [-0.1, -0.05) is 80.9 Å². The second-order valence-corrected chi connectivity index (χ2v) is 23.7. The van der Waals surface area contributed by atoms with E-state index in [0.717, 1.165) is 40.7 Å². The molecule has 0 bridgehead atoms. The highest BCUT2D eigenvalue weighted by Crippen LogP contribution is 2.43. The number of aromatic nitrogens is 1. The lowest BCUT2D eigenvalue weighted by atomic mass is 9.79. The fourth-order valence-electron chi connectivity index (χ4n) is 8.20. The predicted octanol–water partition coefficient (Wildman–Crippen LogP) is 10.5. The molecule has 7 N–H and O–H groups in total. The van der Waals surface area contributed by atoms with Crippen LogP contribution in [-0.4, -0.2) is 60.8 Å². The predicted molar refractivity (Wildman–Crippen MR) is 256 cm³/mol. The zero-order chi connectivity index (χ0) is 45.7. The van der Waals surface area contributed by atoms with Crippen LogP contribution in [0.25, 0.3) is 22.0 Å². The Kier molecular flexibility index (Phi) is 14.8. The molecule has 0 unspecified atom stereocenters. The number of carboxylic acid groups (broad SMARTS) is 1. The van der Waals surface area contributed by atoms with Crippen molar-refractivity contribution in [1.82, 2.24) is 10.3 Å². The number of aromatic hydroxyl groups is 1. The Morgan fingerprint density at radius 3 is 2.41 bits per heavy atom. The number of carbonyl (C=O) groups is 2. The van der Waals surface area contributed by atoms with Crippen LogP contribution < -0.4 is 31.6 Å². The fraction of sp³-hybridized carbons (Fsp3) is 0.408. The van der Waals surface area contributed by atoms with E-state index < -0.39 is 26.1 Å². The molecule has 12 nitrogen and oxygen atoms in total. The maximum absolute atomic E-state index is 13.4. The van der Waals surface area contributed by atoms with Crippen LogP contribution in [0.5, 0.6) is 11.5 Å². The molecule has 14 heteroatoms. The molecule has 0 aliphatic heterocycles. The number of halogens is 1. The summed E-state index contributed by atoms with van der Waals surface area (Å²) in [5.74, 6) is 0.316. The minimum Gasteiger partial charge on any atom is -0.506 e. The molecule has 0 spiro atoms. The minimum atomic E-state index is -2.30. The number of methoxy groups -OCH3 is 1. The Labute approximate surface area is 376 Å². The van der Waals surface area contributed by atoms with Crippen molar-refractivity contribution < 1.29 is 29.0 Å². The number of hydrogen-bond donors (Lipinski definition) is 6. The van der Waals surface area contributed by atoms with Crippen LogP contribution in [0.15, 0.2) is 89.7 Å². The quantitative estimate of drug-likeness (QED) is 0.0526. The third-order valence-corrected chi connectivity index (χ3v) is 17.7. The third kappa shape index (κ3) is 11.1. The van der Waals surface area contributed by atoms with Crippen molar-refractivity contribution in [3.05, 3.63) is 117 Å². The van der Waals surface area contributed by atoms with Gasteiger partial charge in [0, 0.05) is 59.7 Å². The molecular weight excluding hydrogens is 834 g/mol. The van der Waals surface area contributed by atoms with E-state index >= 15 is 0 Å². The van der Waals surface area contributed by atoms with E-state index in [1.807, 2.05) is 61.5 Å². The summed E-state index contributed by atoms with van der Waals surface area (Å²) in [4.78, 5) is 42.8. The number of carbonyl (C=O) groups excluding carboxylic acids is 1. The molecule has 1 aliphatic rings. The van der Waals surface area contributed by atoms with E-state index in [2.05, 4.69) is 49.5 Å². The zero-order valence-electron chi connectivity index (χ0n) is 37.4. The largest absolute Gasteiger partial charge is 0.506 e. The van der Waals surface area contributed by atoms with Gasteiger partial charge in [-0.2, -0.15) is 0 Å². The molecule has 1 aromatic heterocycles. The van der Waals surface area contributed by atoms with Gasteiger partial charge in [0.05, 0.1) is 35.1 Å². The standard InChI is InChI=1S/C49H62ClN5O7Si/c1-48(2,3)63(6,7)62-43(36-18-20-41(56)46-37(36)19-21-45(58)54-46)30-52-29-33-27-38(50)39(28-42(33)61-5)53-44(57)15-11-12-31-16-17-35(32-13-9-8-10-14-32)40(26-31)55(47(59)60)49(4)24-22-34(51)23-25-49/h8-10,13-14,16-21,26-28,34,43,52,56H,11-12,15,22-25,29-30,51H2,1-7H3,(H,53,57)(H,54,58)(H,59,60)/t34?,43-,49?/m0/s1. The number of pyridine rings is 1. The lowest BCUT2D eigenvalue weighted by molar-refractivity contribution is -0.116. The van der Waals surface area contributed by atoms with Gasteiger partial charge in [-0.05, 0) is 105 Å². The molecule has 2 amide bonds. The molecule has 6 rings (SSSR count). The van der Waals surface area contributed by atoms with E-state index in [9.17, 15) is 24.6 Å². The first-order valence-corrected chi connectivity index (χ1v) is 25.0. The average molecular weight is 897 g/mol. The van der Waals surface area contributed by atoms with Gasteiger partial charge >= 0.3 is 6.09 Å². The molecule has 1 atom stereocenters. The van der Waals surface area contributed by atoms with Crippen LogP contribution in [0, 0.1) is 0 Å². The molecule has 336 valence electrons. The van der Waals surface area contributed by atoms with Crippen molar-refractivity contribution in [2.24, 2.45) is 5.73 Å². The van der Waals surface area contributed by atoms with Gasteiger partial charge in [0.25, 0.3) is 0 Å². The second kappa shape index (κ2) is 19.7. The van der Waals surface area contributed by atoms with E-state index in [1.54, 1.807) is 31.4 Å². The summed E-state index contributed by atoms with van der Waals surface area (Å²) >= 11 is 6.79. The number of benzene rings is 4. The Morgan fingerprint density at radius 2 is 1.75 bits per heavy atom. The highest BCUT2D eigenvalue weighted by Gasteiger charge is 2.41. The summed E-state index contributed by atoms with van der Waals surface area (Å²) in [5, 5.41) is 28.7. The van der Waals surface area contributed by atoms with Crippen LogP contribution in [0.3, 0.4) is 0 Å². The number of nitrogens with zero attached hydrogens (tertiary/aromatic N) is 1. The van der Waals surface area contributed by atoms with Crippen molar-refractivity contribution in [1.29, 1.82) is 0 Å². The smallest absolute Gasteiger partial charge is 0.412 e. The van der Waals surface area contributed by atoms with Gasteiger partial charge in [0.2, 0.25) is 11.5 Å². The van der Waals surface area contributed by atoms with Crippen molar-refractivity contribution >= 4 is 54.2 Å². The van der Waals surface area contributed by atoms with Crippen molar-refractivity contribution in [3.8, 4) is 22.6 Å². The molecule has 1 heterocycles. The van der Waals surface area contributed by atoms with Crippen molar-refractivity contribution in [2.75, 3.05) is 23.9 Å². The molecule has 4 aromatic carbocycles. The van der Waals surface area contributed by atoms with E-state index in [4.69, 9.17) is 26.5 Å². The van der Waals surface area contributed by atoms with Gasteiger partial charge in [0.1, 0.15) is 11.5 Å². The number of nitrogens with two attached hydrogens (primary N) is 1. The monoisotopic (exact) mass is 895 g/mol. The third-order valence-electron chi connectivity index (χ3n) is 12.9. The second-order valence-electron chi connectivity index (χ2n) is 18.5. The topological polar surface area (TPSA) is 179 Å². The first-order valence-electron chi connectivity index (χ1n) is 21.7. The van der Waals surface area contributed by atoms with E-state index in [1.165, 1.54) is 11.0 Å². The van der Waals surface area contributed by atoms with Gasteiger partial charge < -0.3 is 40.7 Å². The number of aryl methyl sites for hydroxylation is 1. The molecule has 1 aliphatic carbocycles. The normalized spacial score (nSPS) is 17.3. The molecule has 0 radical (unpaired) electrons. The Balaban J connectivity index is 1.14. The molecule has 5 aromatic rings. The lowest BCUT2D eigenvalue weighted by Crippen LogP contribution is -2.53. The van der Waals surface area contributed by atoms with E-state index in [0.29, 0.717) is 71.8 Å². The fourth-order valence-corrected chi connectivity index (χ4v) is 9.71. The van der Waals surface area contributed by atoms with Crippen LogP contribution in [-0.2, 0) is 22.2 Å². The maximum atomic E-state index is 13.4. The number of aromatic amines is 1. The minimum absolute atomic E-state index is 0.0142. The van der Waals surface area contributed by atoms with Crippen LogP contribution in [0.4, 0.5) is 16.2 Å². The number of amides is 2. The van der Waals surface area contributed by atoms with Crippen molar-refractivity contribution in [2.45, 2.75) is 115 Å². The highest BCUT2D eigenvalue weighted by molar-refractivity contribution is 6.74. The molecule has 0 saturated heterocycles. The van der Waals surface area contributed by atoms with Gasteiger partial charge in [-0.3, -0.25) is 14.5 Å². The first-order chi connectivity index (χ1) is 29.8. The summed E-state index contributed by atoms with van der Waals surface area (Å²) in [7, 11) is -0.729. The zero-order valence-corrected chi connectivity index (χ0v) is 39.2. The van der Waals surface area contributed by atoms with E-state index in [-0.39, 0.29) is 34.7 Å². The summed E-state index contributed by atoms with van der Waals surface area (Å²) < 4.78 is 12.7. The number of anilines is 2. The average Bonchev–Trinajstić information content (AvgIpc) is 3.23. The summed E-state index contributed by atoms with van der Waals surface area (Å²) in [6.07, 6.45) is 2.72. The van der Waals surface area contributed by atoms with Crippen LogP contribution in [0.2, 0.25) is 23.2 Å². The number of nitrogens with one attached hydrogen (secondary N) is 3. The Morgan fingerprint density at radius 1 is 1.03 bits per heavy atom. The first kappa shape index (κ1) is 47.3. The molecule has 1 saturated carbocycles. The molecule has 1 fully saturated rings. The number of hydrogen-bond acceptors (Lipinski definition) is 8. The summed E-state index contributed by atoms with van der Waals surface area (Å²) in [5.41, 5.74) is 11.1.